The lowest BCUT2D eigenvalue weighted by atomic mass is 9.68. The number of benzene rings is 1. The van der Waals surface area contributed by atoms with E-state index in [0.717, 1.165) is 43.1 Å². The van der Waals surface area contributed by atoms with Crippen molar-refractivity contribution in [3.05, 3.63) is 42.2 Å². The smallest absolute Gasteiger partial charge is 0.330 e. The van der Waals surface area contributed by atoms with Gasteiger partial charge in [-0.15, -0.1) is 0 Å². The standard InChI is InChI=1S/C31H45FO6/c1-3-23-7-12-26(13-8-23)27-14-9-24(10-15-27)20-31(34)38-29-16-11-25(19-28(29)32)21-36-22-35-17-5-6-18-37-30(33)4-2/h4,11,16,19,23-24,26-27H,2-3,5-10,12-15,17-18,20-22H2,1H3. The summed E-state index contributed by atoms with van der Waals surface area (Å²) in [7, 11) is 0. The Morgan fingerprint density at radius 3 is 2.24 bits per heavy atom. The van der Waals surface area contributed by atoms with Crippen LogP contribution in [-0.4, -0.2) is 31.9 Å². The molecule has 0 aromatic heterocycles. The molecule has 0 amide bonds. The molecule has 2 aliphatic rings. The predicted molar refractivity (Wildman–Crippen MR) is 144 cm³/mol. The second kappa shape index (κ2) is 16.7. The molecular formula is C31H45FO6. The maximum atomic E-state index is 14.5. The second-order valence-corrected chi connectivity index (χ2v) is 10.9. The van der Waals surface area contributed by atoms with Crippen LogP contribution in [0.4, 0.5) is 4.39 Å². The Hall–Kier alpha value is -2.25. The van der Waals surface area contributed by atoms with Gasteiger partial charge in [-0.2, -0.15) is 0 Å². The minimum atomic E-state index is -0.569. The van der Waals surface area contributed by atoms with E-state index in [1.165, 1.54) is 57.1 Å². The van der Waals surface area contributed by atoms with Gasteiger partial charge in [0.15, 0.2) is 11.6 Å². The molecule has 7 heteroatoms. The van der Waals surface area contributed by atoms with Crippen LogP contribution in [-0.2, 0) is 30.4 Å². The SMILES string of the molecule is C=CC(=O)OCCCCOCOCc1ccc(OC(=O)CC2CCC(C3CCC(CC)CC3)CC2)c(F)c1. The number of carbonyl (C=O) groups excluding carboxylic acids is 2. The highest BCUT2D eigenvalue weighted by Crippen LogP contribution is 2.42. The van der Waals surface area contributed by atoms with Crippen molar-refractivity contribution in [2.24, 2.45) is 23.7 Å². The highest BCUT2D eigenvalue weighted by molar-refractivity contribution is 5.81. The number of unbranched alkanes of at least 4 members (excludes halogenated alkanes) is 1. The molecule has 0 saturated heterocycles. The average Bonchev–Trinajstić information content (AvgIpc) is 2.93. The van der Waals surface area contributed by atoms with Crippen LogP contribution in [0.2, 0.25) is 0 Å². The topological polar surface area (TPSA) is 71.1 Å². The summed E-state index contributed by atoms with van der Waals surface area (Å²) in [6, 6.07) is 4.51. The van der Waals surface area contributed by atoms with E-state index < -0.39 is 11.8 Å². The van der Waals surface area contributed by atoms with Gasteiger partial charge < -0.3 is 18.9 Å². The van der Waals surface area contributed by atoms with Crippen LogP contribution in [0.15, 0.2) is 30.9 Å². The number of carbonyl (C=O) groups is 2. The second-order valence-electron chi connectivity index (χ2n) is 10.9. The highest BCUT2D eigenvalue weighted by atomic mass is 19.1. The van der Waals surface area contributed by atoms with Gasteiger partial charge in [-0.3, -0.25) is 4.79 Å². The molecule has 2 aliphatic carbocycles. The molecule has 1 aromatic carbocycles. The van der Waals surface area contributed by atoms with E-state index >= 15 is 0 Å². The molecule has 0 heterocycles. The van der Waals surface area contributed by atoms with Crippen molar-refractivity contribution in [1.82, 2.24) is 0 Å². The molecule has 2 fully saturated rings. The molecule has 6 nitrogen and oxygen atoms in total. The molecule has 1 aromatic rings. The molecule has 0 atom stereocenters. The van der Waals surface area contributed by atoms with Crippen LogP contribution in [0.25, 0.3) is 0 Å². The Balaban J connectivity index is 1.27. The molecule has 0 spiro atoms. The zero-order chi connectivity index (χ0) is 27.2. The van der Waals surface area contributed by atoms with Crippen molar-refractivity contribution in [3.8, 4) is 5.75 Å². The highest BCUT2D eigenvalue weighted by Gasteiger charge is 2.31. The third-order valence-electron chi connectivity index (χ3n) is 8.23. The van der Waals surface area contributed by atoms with Crippen molar-refractivity contribution < 1.29 is 32.9 Å². The van der Waals surface area contributed by atoms with Crippen molar-refractivity contribution in [3.63, 3.8) is 0 Å². The van der Waals surface area contributed by atoms with Gasteiger partial charge in [0, 0.05) is 19.1 Å². The lowest BCUT2D eigenvalue weighted by molar-refractivity contribution is -0.138. The fourth-order valence-electron chi connectivity index (χ4n) is 5.86. The Labute approximate surface area is 227 Å². The number of ether oxygens (including phenoxy) is 4. The van der Waals surface area contributed by atoms with Crippen LogP contribution in [0.3, 0.4) is 0 Å². The maximum Gasteiger partial charge on any atom is 0.330 e. The largest absolute Gasteiger partial charge is 0.463 e. The van der Waals surface area contributed by atoms with Gasteiger partial charge in [0.05, 0.1) is 13.2 Å². The first-order chi connectivity index (χ1) is 18.5. The van der Waals surface area contributed by atoms with Crippen LogP contribution >= 0.6 is 0 Å². The minimum absolute atomic E-state index is 0.0338. The van der Waals surface area contributed by atoms with Crippen molar-refractivity contribution >= 4 is 11.9 Å². The molecule has 3 rings (SSSR count). The number of esters is 2. The summed E-state index contributed by atoms with van der Waals surface area (Å²) in [6.45, 7) is 6.70. The van der Waals surface area contributed by atoms with Gasteiger partial charge in [0.25, 0.3) is 0 Å². The number of halogens is 1. The molecule has 0 aliphatic heterocycles. The van der Waals surface area contributed by atoms with Gasteiger partial charge in [0.2, 0.25) is 0 Å². The lowest BCUT2D eigenvalue weighted by Crippen LogP contribution is -2.27. The lowest BCUT2D eigenvalue weighted by Gasteiger charge is -2.37. The number of hydrogen-bond acceptors (Lipinski definition) is 6. The third-order valence-corrected chi connectivity index (χ3v) is 8.23. The molecule has 2 saturated carbocycles. The van der Waals surface area contributed by atoms with E-state index in [0.29, 0.717) is 37.5 Å². The zero-order valence-electron chi connectivity index (χ0n) is 23.0. The first-order valence-electron chi connectivity index (χ1n) is 14.4. The Morgan fingerprint density at radius 1 is 0.947 bits per heavy atom. The van der Waals surface area contributed by atoms with E-state index in [2.05, 4.69) is 13.5 Å². The monoisotopic (exact) mass is 532 g/mol. The zero-order valence-corrected chi connectivity index (χ0v) is 23.0. The van der Waals surface area contributed by atoms with E-state index in [-0.39, 0.29) is 25.1 Å². The van der Waals surface area contributed by atoms with Crippen LogP contribution in [0, 0.1) is 29.5 Å². The van der Waals surface area contributed by atoms with E-state index in [1.54, 1.807) is 6.07 Å². The first-order valence-corrected chi connectivity index (χ1v) is 14.4. The van der Waals surface area contributed by atoms with Gasteiger partial charge in [-0.1, -0.05) is 38.8 Å². The van der Waals surface area contributed by atoms with Crippen LogP contribution in [0.1, 0.15) is 89.5 Å². The summed E-state index contributed by atoms with van der Waals surface area (Å²) in [5.74, 6) is 1.56. The first kappa shape index (κ1) is 30.3. The fourth-order valence-corrected chi connectivity index (χ4v) is 5.86. The third kappa shape index (κ3) is 10.5. The Morgan fingerprint density at radius 2 is 1.61 bits per heavy atom. The minimum Gasteiger partial charge on any atom is -0.463 e. The van der Waals surface area contributed by atoms with Crippen LogP contribution in [0.5, 0.6) is 5.75 Å². The summed E-state index contributed by atoms with van der Waals surface area (Å²) in [4.78, 5) is 23.4. The maximum absolute atomic E-state index is 14.5. The molecule has 0 N–H and O–H groups in total. The predicted octanol–water partition coefficient (Wildman–Crippen LogP) is 7.14. The summed E-state index contributed by atoms with van der Waals surface area (Å²) in [5, 5.41) is 0. The van der Waals surface area contributed by atoms with Gasteiger partial charge in [0.1, 0.15) is 6.79 Å². The van der Waals surface area contributed by atoms with E-state index in [4.69, 9.17) is 18.9 Å². The van der Waals surface area contributed by atoms with E-state index in [9.17, 15) is 14.0 Å². The van der Waals surface area contributed by atoms with Gasteiger partial charge >= 0.3 is 11.9 Å². The summed E-state index contributed by atoms with van der Waals surface area (Å²) < 4.78 is 35.6. The van der Waals surface area contributed by atoms with Gasteiger partial charge in [-0.05, 0) is 92.7 Å². The summed E-state index contributed by atoms with van der Waals surface area (Å²) in [5.41, 5.74) is 0.633. The molecule has 0 unspecified atom stereocenters. The quantitative estimate of drug-likeness (QED) is 0.0786. The average molecular weight is 533 g/mol. The number of rotatable bonds is 15. The Kier molecular flexibility index (Phi) is 13.3. The van der Waals surface area contributed by atoms with E-state index in [1.807, 2.05) is 0 Å². The van der Waals surface area contributed by atoms with Gasteiger partial charge in [-0.25, -0.2) is 9.18 Å². The molecule has 0 radical (unpaired) electrons. The molecule has 38 heavy (non-hydrogen) atoms. The summed E-state index contributed by atoms with van der Waals surface area (Å²) >= 11 is 0. The number of hydrogen-bond donors (Lipinski definition) is 0. The summed E-state index contributed by atoms with van der Waals surface area (Å²) in [6.07, 6.45) is 14.3. The molecule has 212 valence electrons. The Bertz CT molecular complexity index is 871. The molecular weight excluding hydrogens is 487 g/mol. The van der Waals surface area contributed by atoms with Crippen molar-refractivity contribution in [2.75, 3.05) is 20.0 Å². The van der Waals surface area contributed by atoms with Crippen molar-refractivity contribution in [1.29, 1.82) is 0 Å². The fraction of sp³-hybridized carbons (Fsp3) is 0.677. The normalized spacial score (nSPS) is 23.5. The molecule has 0 bridgehead atoms. The van der Waals surface area contributed by atoms with Crippen LogP contribution < -0.4 is 4.74 Å². The van der Waals surface area contributed by atoms with Crippen molar-refractivity contribution in [2.45, 2.75) is 90.6 Å².